The van der Waals surface area contributed by atoms with E-state index in [-0.39, 0.29) is 11.7 Å². The molecule has 104 valence electrons. The Hall–Kier alpha value is -2.43. The number of aryl methyl sites for hydroxylation is 1. The molecule has 1 heterocycles. The quantitative estimate of drug-likeness (QED) is 0.874. The Kier molecular flexibility index (Phi) is 4.30. The van der Waals surface area contributed by atoms with Gasteiger partial charge in [-0.05, 0) is 25.0 Å². The van der Waals surface area contributed by atoms with Crippen LogP contribution in [-0.2, 0) is 0 Å². The number of benzene rings is 1. The second-order valence-corrected chi connectivity index (χ2v) is 4.54. The summed E-state index contributed by atoms with van der Waals surface area (Å²) in [6.07, 6.45) is 0.851. The number of anilines is 1. The normalized spacial score (nSPS) is 11.9. The van der Waals surface area contributed by atoms with Crippen LogP contribution in [-0.4, -0.2) is 21.0 Å². The fourth-order valence-corrected chi connectivity index (χ4v) is 2.00. The highest BCUT2D eigenvalue weighted by atomic mass is 16.4. The van der Waals surface area contributed by atoms with E-state index < -0.39 is 5.97 Å². The minimum atomic E-state index is -1.05. The first-order valence-corrected chi connectivity index (χ1v) is 6.50. The van der Waals surface area contributed by atoms with E-state index >= 15 is 0 Å². The maximum Gasteiger partial charge on any atom is 0.354 e. The number of hydrogen-bond acceptors (Lipinski definition) is 4. The van der Waals surface area contributed by atoms with Gasteiger partial charge in [-0.1, -0.05) is 37.3 Å². The molecule has 2 rings (SSSR count). The molecule has 5 nitrogen and oxygen atoms in total. The summed E-state index contributed by atoms with van der Waals surface area (Å²) in [5.74, 6) is -0.704. The molecule has 0 saturated carbocycles. The molecule has 2 aromatic rings. The van der Waals surface area contributed by atoms with E-state index in [1.807, 2.05) is 30.3 Å². The van der Waals surface area contributed by atoms with Crippen LogP contribution in [0.4, 0.5) is 5.95 Å². The molecule has 1 aromatic heterocycles. The van der Waals surface area contributed by atoms with E-state index in [1.54, 1.807) is 6.92 Å². The predicted octanol–water partition coefficient (Wildman–Crippen LogP) is 3.05. The van der Waals surface area contributed by atoms with Gasteiger partial charge in [0.2, 0.25) is 5.95 Å². The third kappa shape index (κ3) is 3.32. The summed E-state index contributed by atoms with van der Waals surface area (Å²) < 4.78 is 0. The number of carbonyl (C=O) groups is 1. The average Bonchev–Trinajstić information content (AvgIpc) is 2.45. The van der Waals surface area contributed by atoms with Crippen LogP contribution in [0.15, 0.2) is 36.4 Å². The van der Waals surface area contributed by atoms with E-state index in [0.29, 0.717) is 11.6 Å². The molecule has 20 heavy (non-hydrogen) atoms. The first kappa shape index (κ1) is 14.0. The van der Waals surface area contributed by atoms with Gasteiger partial charge in [0.25, 0.3) is 0 Å². The molecule has 1 aromatic carbocycles. The van der Waals surface area contributed by atoms with Crippen molar-refractivity contribution < 1.29 is 9.90 Å². The van der Waals surface area contributed by atoms with Crippen LogP contribution < -0.4 is 5.32 Å². The highest BCUT2D eigenvalue weighted by Gasteiger charge is 2.13. The number of rotatable bonds is 5. The highest BCUT2D eigenvalue weighted by molar-refractivity contribution is 5.85. The van der Waals surface area contributed by atoms with Crippen LogP contribution in [0.5, 0.6) is 0 Å². The van der Waals surface area contributed by atoms with Gasteiger partial charge >= 0.3 is 5.97 Å². The molecular formula is C15H17N3O2. The molecule has 0 spiro atoms. The van der Waals surface area contributed by atoms with Crippen LogP contribution >= 0.6 is 0 Å². The zero-order valence-electron chi connectivity index (χ0n) is 11.5. The molecule has 1 unspecified atom stereocenters. The SMILES string of the molecule is CCC(Nc1nc(C)cc(C(=O)O)n1)c1ccccc1. The molecular weight excluding hydrogens is 254 g/mol. The maximum absolute atomic E-state index is 11.0. The summed E-state index contributed by atoms with van der Waals surface area (Å²) in [5, 5.41) is 12.2. The zero-order valence-corrected chi connectivity index (χ0v) is 11.5. The number of hydrogen-bond donors (Lipinski definition) is 2. The molecule has 1 atom stereocenters. The Morgan fingerprint density at radius 1 is 1.30 bits per heavy atom. The van der Waals surface area contributed by atoms with Crippen molar-refractivity contribution in [1.82, 2.24) is 9.97 Å². The van der Waals surface area contributed by atoms with Gasteiger partial charge in [0.15, 0.2) is 5.69 Å². The molecule has 0 radical (unpaired) electrons. The van der Waals surface area contributed by atoms with Crippen molar-refractivity contribution >= 4 is 11.9 Å². The standard InChI is InChI=1S/C15H17N3O2/c1-3-12(11-7-5-4-6-8-11)17-15-16-10(2)9-13(18-15)14(19)20/h4-9,12H,3H2,1-2H3,(H,19,20)(H,16,17,18). The lowest BCUT2D eigenvalue weighted by Gasteiger charge is -2.17. The monoisotopic (exact) mass is 271 g/mol. The Bertz CT molecular complexity index is 599. The summed E-state index contributed by atoms with van der Waals surface area (Å²) in [7, 11) is 0. The van der Waals surface area contributed by atoms with Gasteiger partial charge in [-0.2, -0.15) is 0 Å². The van der Waals surface area contributed by atoms with Crippen LogP contribution in [0.2, 0.25) is 0 Å². The van der Waals surface area contributed by atoms with E-state index in [2.05, 4.69) is 22.2 Å². The highest BCUT2D eigenvalue weighted by Crippen LogP contribution is 2.20. The van der Waals surface area contributed by atoms with Crippen LogP contribution in [0.3, 0.4) is 0 Å². The van der Waals surface area contributed by atoms with Gasteiger partial charge in [-0.15, -0.1) is 0 Å². The van der Waals surface area contributed by atoms with Gasteiger partial charge in [0.05, 0.1) is 6.04 Å². The number of carboxylic acids is 1. The van der Waals surface area contributed by atoms with Crippen molar-refractivity contribution in [2.45, 2.75) is 26.3 Å². The van der Waals surface area contributed by atoms with Crippen LogP contribution in [0, 0.1) is 6.92 Å². The van der Waals surface area contributed by atoms with Gasteiger partial charge in [0, 0.05) is 5.69 Å². The third-order valence-electron chi connectivity index (χ3n) is 2.99. The van der Waals surface area contributed by atoms with Crippen molar-refractivity contribution in [3.63, 3.8) is 0 Å². The first-order valence-electron chi connectivity index (χ1n) is 6.50. The molecule has 5 heteroatoms. The molecule has 0 aliphatic rings. The van der Waals surface area contributed by atoms with E-state index in [9.17, 15) is 4.79 Å². The van der Waals surface area contributed by atoms with Gasteiger partial charge in [-0.3, -0.25) is 0 Å². The van der Waals surface area contributed by atoms with E-state index in [4.69, 9.17) is 5.11 Å². The molecule has 0 aliphatic heterocycles. The Balaban J connectivity index is 2.26. The largest absolute Gasteiger partial charge is 0.477 e. The lowest BCUT2D eigenvalue weighted by Crippen LogP contribution is -2.14. The number of aromatic carboxylic acids is 1. The van der Waals surface area contributed by atoms with Crippen molar-refractivity contribution in [2.75, 3.05) is 5.32 Å². The summed E-state index contributed by atoms with van der Waals surface area (Å²) in [5.41, 5.74) is 1.75. The number of nitrogens with zero attached hydrogens (tertiary/aromatic N) is 2. The van der Waals surface area contributed by atoms with Gasteiger partial charge < -0.3 is 10.4 Å². The Morgan fingerprint density at radius 2 is 2.00 bits per heavy atom. The Morgan fingerprint density at radius 3 is 2.60 bits per heavy atom. The smallest absolute Gasteiger partial charge is 0.354 e. The number of aromatic nitrogens is 2. The average molecular weight is 271 g/mol. The second kappa shape index (κ2) is 6.14. The van der Waals surface area contributed by atoms with Crippen molar-refractivity contribution in [3.8, 4) is 0 Å². The van der Waals surface area contributed by atoms with Crippen LogP contribution in [0.25, 0.3) is 0 Å². The molecule has 2 N–H and O–H groups in total. The minimum absolute atomic E-state index is 0.00270. The predicted molar refractivity (Wildman–Crippen MR) is 76.8 cm³/mol. The van der Waals surface area contributed by atoms with Gasteiger partial charge in [-0.25, -0.2) is 14.8 Å². The van der Waals surface area contributed by atoms with E-state index in [0.717, 1.165) is 12.0 Å². The van der Waals surface area contributed by atoms with Crippen molar-refractivity contribution in [2.24, 2.45) is 0 Å². The summed E-state index contributed by atoms with van der Waals surface area (Å²) in [4.78, 5) is 19.3. The van der Waals surface area contributed by atoms with Crippen molar-refractivity contribution in [1.29, 1.82) is 0 Å². The first-order chi connectivity index (χ1) is 9.60. The Labute approximate surface area is 117 Å². The van der Waals surface area contributed by atoms with Gasteiger partial charge in [0.1, 0.15) is 0 Å². The summed E-state index contributed by atoms with van der Waals surface area (Å²) >= 11 is 0. The zero-order chi connectivity index (χ0) is 14.5. The minimum Gasteiger partial charge on any atom is -0.477 e. The third-order valence-corrected chi connectivity index (χ3v) is 2.99. The molecule has 0 saturated heterocycles. The topological polar surface area (TPSA) is 75.1 Å². The lowest BCUT2D eigenvalue weighted by atomic mass is 10.1. The maximum atomic E-state index is 11.0. The molecule has 0 bridgehead atoms. The van der Waals surface area contributed by atoms with Crippen LogP contribution in [0.1, 0.15) is 41.1 Å². The summed E-state index contributed by atoms with van der Waals surface area (Å²) in [6.45, 7) is 3.81. The molecule has 0 fully saturated rings. The molecule has 0 amide bonds. The van der Waals surface area contributed by atoms with Crippen molar-refractivity contribution in [3.05, 3.63) is 53.3 Å². The fraction of sp³-hybridized carbons (Fsp3) is 0.267. The second-order valence-electron chi connectivity index (χ2n) is 4.54. The number of nitrogens with one attached hydrogen (secondary N) is 1. The lowest BCUT2D eigenvalue weighted by molar-refractivity contribution is 0.0690. The van der Waals surface area contributed by atoms with E-state index in [1.165, 1.54) is 6.07 Å². The summed E-state index contributed by atoms with van der Waals surface area (Å²) in [6, 6.07) is 11.5. The number of carboxylic acid groups (broad SMARTS) is 1. The molecule has 0 aliphatic carbocycles. The fourth-order valence-electron chi connectivity index (χ4n) is 2.00.